The number of aryl methyl sites for hydroxylation is 1. The third-order valence-corrected chi connectivity index (χ3v) is 6.58. The number of benzene rings is 5. The van der Waals surface area contributed by atoms with Crippen molar-refractivity contribution in [2.24, 2.45) is 4.99 Å². The standard InChI is InChI=1S/C37H25N3O2/c1-26-12-18-31(19-13-26)35(40-34(29-8-4-2-5-9-29)30-10-6-3-7-11-30)36(32-20-14-27(24-38)15-21-32)42-37(41)33-22-16-28(25-39)17-23-33/h2-23H,1H3/b36-35+. The van der Waals surface area contributed by atoms with Crippen LogP contribution in [0.1, 0.15) is 49.3 Å². The number of nitrogens with zero attached hydrogens (tertiary/aromatic N) is 3. The molecule has 0 aliphatic carbocycles. The van der Waals surface area contributed by atoms with E-state index in [2.05, 4.69) is 12.1 Å². The molecule has 0 aromatic heterocycles. The molecule has 5 nitrogen and oxygen atoms in total. The predicted molar refractivity (Wildman–Crippen MR) is 164 cm³/mol. The summed E-state index contributed by atoms with van der Waals surface area (Å²) < 4.78 is 6.16. The highest BCUT2D eigenvalue weighted by molar-refractivity contribution is 6.16. The van der Waals surface area contributed by atoms with Crippen LogP contribution in [0.25, 0.3) is 11.5 Å². The summed E-state index contributed by atoms with van der Waals surface area (Å²) >= 11 is 0. The lowest BCUT2D eigenvalue weighted by Gasteiger charge is -2.16. The lowest BCUT2D eigenvalue weighted by molar-refractivity contribution is 0.0692. The Bertz CT molecular complexity index is 1800. The number of esters is 1. The Balaban J connectivity index is 1.78. The minimum atomic E-state index is -0.598. The summed E-state index contributed by atoms with van der Waals surface area (Å²) in [5.74, 6) is -0.360. The van der Waals surface area contributed by atoms with Gasteiger partial charge in [-0.2, -0.15) is 10.5 Å². The quantitative estimate of drug-likeness (QED) is 0.0902. The predicted octanol–water partition coefficient (Wildman–Crippen LogP) is 7.96. The highest BCUT2D eigenvalue weighted by atomic mass is 16.5. The number of carbonyl (C=O) groups is 1. The zero-order valence-corrected chi connectivity index (χ0v) is 22.9. The lowest BCUT2D eigenvalue weighted by Crippen LogP contribution is -2.09. The molecule has 5 aromatic carbocycles. The summed E-state index contributed by atoms with van der Waals surface area (Å²) in [7, 11) is 0. The van der Waals surface area contributed by atoms with Crippen LogP contribution in [0.3, 0.4) is 0 Å². The summed E-state index contributed by atoms with van der Waals surface area (Å²) in [6, 6.07) is 44.8. The average molecular weight is 544 g/mol. The molecule has 0 atom stereocenters. The fraction of sp³-hybridized carbons (Fsp3) is 0.0270. The van der Waals surface area contributed by atoms with E-state index in [-0.39, 0.29) is 5.76 Å². The second-order valence-electron chi connectivity index (χ2n) is 9.50. The molecule has 42 heavy (non-hydrogen) atoms. The van der Waals surface area contributed by atoms with Crippen molar-refractivity contribution in [3.8, 4) is 12.1 Å². The number of carbonyl (C=O) groups excluding carboxylic acids is 1. The maximum Gasteiger partial charge on any atom is 0.343 e. The van der Waals surface area contributed by atoms with Crippen LogP contribution < -0.4 is 0 Å². The minimum Gasteiger partial charge on any atom is -0.420 e. The van der Waals surface area contributed by atoms with Crippen molar-refractivity contribution < 1.29 is 9.53 Å². The summed E-state index contributed by atoms with van der Waals surface area (Å²) in [5.41, 5.74) is 6.55. The largest absolute Gasteiger partial charge is 0.420 e. The Labute approximate surface area is 244 Å². The zero-order chi connectivity index (χ0) is 29.3. The molecule has 0 saturated carbocycles. The molecule has 0 radical (unpaired) electrons. The van der Waals surface area contributed by atoms with Gasteiger partial charge in [0.25, 0.3) is 0 Å². The van der Waals surface area contributed by atoms with Gasteiger partial charge in [-0.1, -0.05) is 90.5 Å². The van der Waals surface area contributed by atoms with Crippen LogP contribution in [0.5, 0.6) is 0 Å². The van der Waals surface area contributed by atoms with Gasteiger partial charge in [0.05, 0.1) is 34.5 Å². The molecule has 0 heterocycles. The van der Waals surface area contributed by atoms with Gasteiger partial charge in [-0.15, -0.1) is 0 Å². The highest BCUT2D eigenvalue weighted by Gasteiger charge is 2.20. The first-order valence-electron chi connectivity index (χ1n) is 13.3. The van der Waals surface area contributed by atoms with E-state index < -0.39 is 5.97 Å². The molecule has 0 aliphatic heterocycles. The van der Waals surface area contributed by atoms with Crippen LogP contribution in [0.15, 0.2) is 138 Å². The average Bonchev–Trinajstić information content (AvgIpc) is 3.06. The SMILES string of the molecule is Cc1ccc(/C(N=C(c2ccccc2)c2ccccc2)=C(\OC(=O)c2ccc(C#N)cc2)c2ccc(C#N)cc2)cc1. The van der Waals surface area contributed by atoms with Crippen molar-refractivity contribution in [1.82, 2.24) is 0 Å². The monoisotopic (exact) mass is 543 g/mol. The molecule has 0 aliphatic rings. The lowest BCUT2D eigenvalue weighted by atomic mass is 10.0. The molecular formula is C37H25N3O2. The van der Waals surface area contributed by atoms with E-state index in [1.54, 1.807) is 48.5 Å². The molecule has 5 rings (SSSR count). The van der Waals surface area contributed by atoms with Crippen molar-refractivity contribution in [3.05, 3.63) is 178 Å². The second-order valence-corrected chi connectivity index (χ2v) is 9.50. The van der Waals surface area contributed by atoms with Crippen molar-refractivity contribution in [2.75, 3.05) is 0 Å². The Kier molecular flexibility index (Phi) is 8.44. The molecule has 0 bridgehead atoms. The number of rotatable bonds is 7. The van der Waals surface area contributed by atoms with E-state index in [9.17, 15) is 15.3 Å². The first-order chi connectivity index (χ1) is 20.6. The highest BCUT2D eigenvalue weighted by Crippen LogP contribution is 2.32. The molecule has 200 valence electrons. The number of hydrogen-bond acceptors (Lipinski definition) is 5. The van der Waals surface area contributed by atoms with Crippen LogP contribution >= 0.6 is 0 Å². The van der Waals surface area contributed by atoms with Crippen molar-refractivity contribution in [3.63, 3.8) is 0 Å². The molecule has 0 spiro atoms. The molecular weight excluding hydrogens is 518 g/mol. The summed E-state index contributed by atoms with van der Waals surface area (Å²) in [5, 5.41) is 18.6. The van der Waals surface area contributed by atoms with Gasteiger partial charge in [0.2, 0.25) is 0 Å². The molecule has 0 unspecified atom stereocenters. The van der Waals surface area contributed by atoms with Crippen LogP contribution in [-0.4, -0.2) is 11.7 Å². The fourth-order valence-corrected chi connectivity index (χ4v) is 4.33. The molecule has 0 fully saturated rings. The maximum atomic E-state index is 13.5. The Morgan fingerprint density at radius 3 is 1.50 bits per heavy atom. The fourth-order valence-electron chi connectivity index (χ4n) is 4.33. The second kappa shape index (κ2) is 12.9. The van der Waals surface area contributed by atoms with E-state index in [4.69, 9.17) is 9.73 Å². The molecule has 0 amide bonds. The van der Waals surface area contributed by atoms with Gasteiger partial charge in [-0.3, -0.25) is 0 Å². The van der Waals surface area contributed by atoms with E-state index in [1.807, 2.05) is 91.9 Å². The van der Waals surface area contributed by atoms with Crippen LogP contribution in [0, 0.1) is 29.6 Å². The van der Waals surface area contributed by atoms with Gasteiger partial charge in [-0.05, 0) is 55.5 Å². The van der Waals surface area contributed by atoms with E-state index in [0.717, 1.165) is 22.3 Å². The van der Waals surface area contributed by atoms with Crippen molar-refractivity contribution >= 4 is 23.1 Å². The first kappa shape index (κ1) is 27.5. The smallest absolute Gasteiger partial charge is 0.343 e. The number of aliphatic imine (C=N–C) groups is 1. The number of hydrogen-bond donors (Lipinski definition) is 0. The summed E-state index contributed by atoms with van der Waals surface area (Å²) in [6.07, 6.45) is 0. The van der Waals surface area contributed by atoms with E-state index in [1.165, 1.54) is 0 Å². The Hall–Kier alpha value is -6.04. The third-order valence-electron chi connectivity index (χ3n) is 6.58. The van der Waals surface area contributed by atoms with Crippen LogP contribution in [0.2, 0.25) is 0 Å². The van der Waals surface area contributed by atoms with E-state index >= 15 is 0 Å². The van der Waals surface area contributed by atoms with E-state index in [0.29, 0.717) is 33.7 Å². The van der Waals surface area contributed by atoms with Gasteiger partial charge in [0.1, 0.15) is 5.70 Å². The Morgan fingerprint density at radius 1 is 0.571 bits per heavy atom. The van der Waals surface area contributed by atoms with Gasteiger partial charge >= 0.3 is 5.97 Å². The van der Waals surface area contributed by atoms with Gasteiger partial charge in [0.15, 0.2) is 5.76 Å². The third kappa shape index (κ3) is 6.39. The zero-order valence-electron chi connectivity index (χ0n) is 22.9. The first-order valence-corrected chi connectivity index (χ1v) is 13.3. The topological polar surface area (TPSA) is 86.2 Å². The summed E-state index contributed by atoms with van der Waals surface area (Å²) in [6.45, 7) is 2.00. The Morgan fingerprint density at radius 2 is 1.02 bits per heavy atom. The molecule has 5 heteroatoms. The van der Waals surface area contributed by atoms with Crippen LogP contribution in [-0.2, 0) is 4.74 Å². The van der Waals surface area contributed by atoms with Crippen LogP contribution in [0.4, 0.5) is 0 Å². The normalized spacial score (nSPS) is 10.9. The van der Waals surface area contributed by atoms with Gasteiger partial charge < -0.3 is 4.74 Å². The number of nitriles is 2. The van der Waals surface area contributed by atoms with Crippen molar-refractivity contribution in [1.29, 1.82) is 10.5 Å². The molecule has 0 saturated heterocycles. The minimum absolute atomic E-state index is 0.238. The molecule has 5 aromatic rings. The summed E-state index contributed by atoms with van der Waals surface area (Å²) in [4.78, 5) is 18.7. The number of ether oxygens (including phenoxy) is 1. The van der Waals surface area contributed by atoms with Crippen molar-refractivity contribution in [2.45, 2.75) is 6.92 Å². The maximum absolute atomic E-state index is 13.5. The molecule has 0 N–H and O–H groups in total. The van der Waals surface area contributed by atoms with Gasteiger partial charge in [0, 0.05) is 22.3 Å². The van der Waals surface area contributed by atoms with Gasteiger partial charge in [-0.25, -0.2) is 9.79 Å².